The van der Waals surface area contributed by atoms with Gasteiger partial charge in [0.1, 0.15) is 25.0 Å². The summed E-state index contributed by atoms with van der Waals surface area (Å²) >= 11 is 0. The van der Waals surface area contributed by atoms with Gasteiger partial charge in [0, 0.05) is 31.6 Å². The lowest BCUT2D eigenvalue weighted by Gasteiger charge is -2.32. The van der Waals surface area contributed by atoms with Gasteiger partial charge in [-0.1, -0.05) is 31.9 Å². The van der Waals surface area contributed by atoms with E-state index < -0.39 is 16.1 Å². The second-order valence-electron chi connectivity index (χ2n) is 10.6. The van der Waals surface area contributed by atoms with Gasteiger partial charge in [-0.15, -0.1) is 0 Å². The molecule has 1 aliphatic heterocycles. The largest absolute Gasteiger partial charge is 0.497 e. The first kappa shape index (κ1) is 30.5. The first-order chi connectivity index (χ1) is 19.7. The number of nitrogens with zero attached hydrogens (tertiary/aromatic N) is 2. The van der Waals surface area contributed by atoms with Gasteiger partial charge in [0.2, 0.25) is 21.8 Å². The highest BCUT2D eigenvalue weighted by Gasteiger charge is 2.31. The summed E-state index contributed by atoms with van der Waals surface area (Å²) in [7, 11) is -2.05. The van der Waals surface area contributed by atoms with Crippen molar-refractivity contribution in [1.82, 2.24) is 10.2 Å². The van der Waals surface area contributed by atoms with Crippen LogP contribution >= 0.6 is 0 Å². The van der Waals surface area contributed by atoms with Crippen LogP contribution in [0.25, 0.3) is 0 Å². The summed E-state index contributed by atoms with van der Waals surface area (Å²) in [6, 6.07) is 12.0. The van der Waals surface area contributed by atoms with Crippen molar-refractivity contribution in [2.45, 2.75) is 70.5 Å². The number of hydrogen-bond donors (Lipinski definition) is 1. The average Bonchev–Trinajstić information content (AvgIpc) is 3.47. The summed E-state index contributed by atoms with van der Waals surface area (Å²) in [4.78, 5) is 28.7. The molecule has 0 radical (unpaired) electrons. The summed E-state index contributed by atoms with van der Waals surface area (Å²) in [5.41, 5.74) is 1.29. The van der Waals surface area contributed by atoms with Gasteiger partial charge in [0.25, 0.3) is 0 Å². The molecule has 4 rings (SSSR count). The topological polar surface area (TPSA) is 114 Å². The van der Waals surface area contributed by atoms with Gasteiger partial charge in [-0.25, -0.2) is 8.42 Å². The standard InChI is InChI=1S/C30H41N3O7S/c1-4-26(30(35)31-23-10-5-6-11-23)32(21-22-9-7-12-25(19-22)38-2)29(34)13-8-16-33(41(3,36)37)24-14-15-27-28(20-24)40-18-17-39-27/h7,9,12,14-15,19-20,23,26H,4-6,8,10-11,13,16-18,21H2,1-3H3,(H,31,35). The smallest absolute Gasteiger partial charge is 0.243 e. The van der Waals surface area contributed by atoms with E-state index >= 15 is 0 Å². The molecule has 1 saturated carbocycles. The predicted octanol–water partition coefficient (Wildman–Crippen LogP) is 3.88. The third-order valence-corrected chi connectivity index (χ3v) is 8.73. The van der Waals surface area contributed by atoms with Crippen molar-refractivity contribution in [3.05, 3.63) is 48.0 Å². The van der Waals surface area contributed by atoms with Gasteiger partial charge >= 0.3 is 0 Å². The molecule has 1 aliphatic carbocycles. The van der Waals surface area contributed by atoms with Crippen LogP contribution in [0.4, 0.5) is 5.69 Å². The number of carbonyl (C=O) groups excluding carboxylic acids is 2. The number of nitrogens with one attached hydrogen (secondary N) is 1. The lowest BCUT2D eigenvalue weighted by Crippen LogP contribution is -2.51. The highest BCUT2D eigenvalue weighted by atomic mass is 32.2. The zero-order valence-electron chi connectivity index (χ0n) is 24.1. The molecule has 224 valence electrons. The molecule has 2 aromatic carbocycles. The zero-order valence-corrected chi connectivity index (χ0v) is 25.0. The Hall–Kier alpha value is -3.47. The Labute approximate surface area is 243 Å². The number of benzene rings is 2. The normalized spacial score (nSPS) is 15.7. The maximum Gasteiger partial charge on any atom is 0.243 e. The SMILES string of the molecule is CCC(C(=O)NC1CCCC1)N(Cc1cccc(OC)c1)C(=O)CCCN(c1ccc2c(c1)OCCO2)S(C)(=O)=O. The van der Waals surface area contributed by atoms with Gasteiger partial charge in [-0.2, -0.15) is 0 Å². The molecule has 1 heterocycles. The number of fused-ring (bicyclic) bond motifs is 1. The van der Waals surface area contributed by atoms with Crippen molar-refractivity contribution in [1.29, 1.82) is 0 Å². The number of carbonyl (C=O) groups is 2. The number of ether oxygens (including phenoxy) is 3. The van der Waals surface area contributed by atoms with E-state index in [4.69, 9.17) is 14.2 Å². The molecule has 1 unspecified atom stereocenters. The molecule has 0 saturated heterocycles. The summed E-state index contributed by atoms with van der Waals surface area (Å²) in [5, 5.41) is 3.15. The molecule has 1 atom stereocenters. The molecule has 2 amide bonds. The first-order valence-electron chi connectivity index (χ1n) is 14.3. The van der Waals surface area contributed by atoms with E-state index in [1.165, 1.54) is 4.31 Å². The average molecular weight is 588 g/mol. The zero-order chi connectivity index (χ0) is 29.4. The highest BCUT2D eigenvalue weighted by Crippen LogP contribution is 2.35. The van der Waals surface area contributed by atoms with Crippen molar-refractivity contribution >= 4 is 27.5 Å². The lowest BCUT2D eigenvalue weighted by molar-refractivity contribution is -0.141. The van der Waals surface area contributed by atoms with Crippen molar-refractivity contribution < 1.29 is 32.2 Å². The fourth-order valence-electron chi connectivity index (χ4n) is 5.45. The van der Waals surface area contributed by atoms with E-state index in [-0.39, 0.29) is 43.8 Å². The fourth-order valence-corrected chi connectivity index (χ4v) is 6.40. The Morgan fingerprint density at radius 3 is 2.49 bits per heavy atom. The van der Waals surface area contributed by atoms with E-state index in [2.05, 4.69) is 5.32 Å². The van der Waals surface area contributed by atoms with Crippen LogP contribution in [0.2, 0.25) is 0 Å². The summed E-state index contributed by atoms with van der Waals surface area (Å²) in [5.74, 6) is 1.36. The van der Waals surface area contributed by atoms with E-state index in [9.17, 15) is 18.0 Å². The van der Waals surface area contributed by atoms with Crippen LogP contribution in [0.3, 0.4) is 0 Å². The summed E-state index contributed by atoms with van der Waals surface area (Å²) in [6.07, 6.45) is 6.04. The van der Waals surface area contributed by atoms with E-state index in [0.29, 0.717) is 42.6 Å². The molecule has 0 bridgehead atoms. The molecule has 0 spiro atoms. The second-order valence-corrected chi connectivity index (χ2v) is 12.5. The molecule has 0 aromatic heterocycles. The summed E-state index contributed by atoms with van der Waals surface area (Å²) in [6.45, 7) is 3.07. The van der Waals surface area contributed by atoms with Crippen LogP contribution in [0.15, 0.2) is 42.5 Å². The van der Waals surface area contributed by atoms with Crippen LogP contribution in [-0.2, 0) is 26.2 Å². The van der Waals surface area contributed by atoms with Gasteiger partial charge in [-0.05, 0) is 55.5 Å². The third-order valence-electron chi connectivity index (χ3n) is 7.54. The van der Waals surface area contributed by atoms with Crippen LogP contribution in [0.1, 0.15) is 57.4 Å². The molecule has 1 fully saturated rings. The van der Waals surface area contributed by atoms with Crippen molar-refractivity contribution in [2.24, 2.45) is 0 Å². The van der Waals surface area contributed by atoms with Crippen LogP contribution in [0.5, 0.6) is 17.2 Å². The number of anilines is 1. The van der Waals surface area contributed by atoms with Crippen LogP contribution in [0, 0.1) is 0 Å². The number of amides is 2. The van der Waals surface area contributed by atoms with Crippen LogP contribution in [-0.4, -0.2) is 70.3 Å². The van der Waals surface area contributed by atoms with Gasteiger partial charge in [-0.3, -0.25) is 13.9 Å². The molecular formula is C30H41N3O7S. The Balaban J connectivity index is 1.49. The van der Waals surface area contributed by atoms with Gasteiger partial charge in [0.15, 0.2) is 11.5 Å². The predicted molar refractivity (Wildman–Crippen MR) is 157 cm³/mol. The maximum atomic E-state index is 13.7. The van der Waals surface area contributed by atoms with Crippen molar-refractivity contribution in [3.8, 4) is 17.2 Å². The first-order valence-corrected chi connectivity index (χ1v) is 16.1. The van der Waals surface area contributed by atoms with Crippen LogP contribution < -0.4 is 23.8 Å². The molecule has 10 nitrogen and oxygen atoms in total. The van der Waals surface area contributed by atoms with Crippen molar-refractivity contribution in [2.75, 3.05) is 37.4 Å². The molecule has 2 aliphatic rings. The Morgan fingerprint density at radius 2 is 1.80 bits per heavy atom. The number of methoxy groups -OCH3 is 1. The fraction of sp³-hybridized carbons (Fsp3) is 0.533. The maximum absolute atomic E-state index is 13.7. The van der Waals surface area contributed by atoms with Crippen molar-refractivity contribution in [3.63, 3.8) is 0 Å². The Morgan fingerprint density at radius 1 is 1.07 bits per heavy atom. The molecule has 1 N–H and O–H groups in total. The lowest BCUT2D eigenvalue weighted by atomic mass is 10.1. The molecule has 2 aromatic rings. The Bertz CT molecular complexity index is 1310. The molecule has 11 heteroatoms. The minimum absolute atomic E-state index is 0.0771. The second kappa shape index (κ2) is 13.9. The number of hydrogen-bond acceptors (Lipinski definition) is 7. The van der Waals surface area contributed by atoms with E-state index in [0.717, 1.165) is 37.5 Å². The molecule has 41 heavy (non-hydrogen) atoms. The number of rotatable bonds is 13. The summed E-state index contributed by atoms with van der Waals surface area (Å²) < 4.78 is 43.2. The minimum Gasteiger partial charge on any atom is -0.497 e. The molecular weight excluding hydrogens is 546 g/mol. The monoisotopic (exact) mass is 587 g/mol. The number of sulfonamides is 1. The third kappa shape index (κ3) is 8.06. The Kier molecular flexibility index (Phi) is 10.4. The van der Waals surface area contributed by atoms with E-state index in [1.807, 2.05) is 31.2 Å². The van der Waals surface area contributed by atoms with Gasteiger partial charge < -0.3 is 24.4 Å². The highest BCUT2D eigenvalue weighted by molar-refractivity contribution is 7.92. The minimum atomic E-state index is -3.63. The van der Waals surface area contributed by atoms with E-state index in [1.54, 1.807) is 30.2 Å². The van der Waals surface area contributed by atoms with Gasteiger partial charge in [0.05, 0.1) is 19.1 Å². The quantitative estimate of drug-likeness (QED) is 0.378.